The summed E-state index contributed by atoms with van der Waals surface area (Å²) in [5, 5.41) is 48.4. The Bertz CT molecular complexity index is 2100. The average molecular weight is 1730 g/mol. The van der Waals surface area contributed by atoms with Crippen LogP contribution in [0.25, 0.3) is 0 Å². The molecule has 0 aliphatic rings. The molecule has 16 nitrogen and oxygen atoms in total. The molecule has 0 aliphatic carbocycles. The number of unbranched alkanes of at least 4 members (excludes halogenated alkanes) is 32. The topological polar surface area (TPSA) is 234 Å². The second kappa shape index (κ2) is 74.9. The molecule has 0 saturated carbocycles. The molecule has 0 saturated heterocycles. The number of carboxylic acid groups (broad SMARTS) is 4. The van der Waals surface area contributed by atoms with E-state index in [2.05, 4.69) is 163 Å². The second-order valence-corrected chi connectivity index (χ2v) is 36.9. The standard InChI is InChI=1S/4C25H46O4.Zr/c4*1-7-10-11-12-13-14-15-16-17-18-22(23(26)27)25(28-19-8-2,29-20-9-3)21-24(4,5)6;/h4*8-9,22H,2-3,7,10-21H2,1,4-6H3,(H,26,27);/q;;;;+4/p-4. The van der Waals surface area contributed by atoms with Crippen LogP contribution in [0.4, 0.5) is 0 Å². The van der Waals surface area contributed by atoms with Gasteiger partial charge in [0.25, 0.3) is 0 Å². The van der Waals surface area contributed by atoms with Crippen LogP contribution in [0, 0.1) is 45.3 Å². The van der Waals surface area contributed by atoms with Crippen molar-refractivity contribution >= 4 is 23.9 Å². The molecule has 17 heteroatoms. The Morgan fingerprint density at radius 1 is 0.231 bits per heavy atom. The van der Waals surface area contributed by atoms with Crippen LogP contribution >= 0.6 is 0 Å². The number of rotatable bonds is 76. The van der Waals surface area contributed by atoms with E-state index in [-0.39, 0.29) is 101 Å². The molecule has 0 spiro atoms. The summed E-state index contributed by atoms with van der Waals surface area (Å²) < 4.78 is 48.0. The Balaban J connectivity index is -0.000000475. The fraction of sp³-hybridized carbons (Fsp3) is 0.800. The van der Waals surface area contributed by atoms with Gasteiger partial charge in [-0.3, -0.25) is 0 Å². The van der Waals surface area contributed by atoms with Crippen molar-refractivity contribution in [2.24, 2.45) is 45.3 Å². The van der Waals surface area contributed by atoms with Gasteiger partial charge in [0, 0.05) is 49.6 Å². The molecule has 4 unspecified atom stereocenters. The zero-order valence-electron chi connectivity index (χ0n) is 78.4. The number of hydrogen-bond acceptors (Lipinski definition) is 16. The molecule has 0 heterocycles. The van der Waals surface area contributed by atoms with Crippen LogP contribution in [-0.4, -0.2) is 99.9 Å². The SMILES string of the molecule is C=CCOC(CC(C)(C)C)(OCC=C)C(CCCCCCCCCCC)C(=O)[O-].C=CCOC(CC(C)(C)C)(OCC=C)C(CCCCCCCCCCC)C(=O)[O-].C=CCOC(CC(C)(C)C)(OCC=C)C(CCCCCCCCCCC)C(=O)[O-].C=CCOC(CC(C)(C)C)(OCC=C)C(CCCCCCCCCCC)C(=O)[O-].[Zr+4]. The molecular weight excluding hydrogens is 1550 g/mol. The Labute approximate surface area is 738 Å². The molecule has 4 atom stereocenters. The number of ether oxygens (including phenoxy) is 8. The number of hydrogen-bond donors (Lipinski definition) is 0. The third-order valence-electron chi connectivity index (χ3n) is 20.3. The van der Waals surface area contributed by atoms with E-state index in [9.17, 15) is 39.6 Å². The minimum absolute atomic E-state index is 0. The monoisotopic (exact) mass is 1730 g/mol. The first-order valence-electron chi connectivity index (χ1n) is 45.7. The Morgan fingerprint density at radius 2 is 0.342 bits per heavy atom. The molecule has 0 aromatic heterocycles. The van der Waals surface area contributed by atoms with E-state index in [1.54, 1.807) is 48.6 Å². The molecule has 0 radical (unpaired) electrons. The summed E-state index contributed by atoms with van der Waals surface area (Å²) in [5.41, 5.74) is -0.688. The molecule has 117 heavy (non-hydrogen) atoms. The number of carbonyl (C=O) groups excluding carboxylic acids is 4. The van der Waals surface area contributed by atoms with Gasteiger partial charge in [0.1, 0.15) is 0 Å². The van der Waals surface area contributed by atoms with Crippen LogP contribution in [0.15, 0.2) is 101 Å². The van der Waals surface area contributed by atoms with E-state index < -0.39 is 70.7 Å². The van der Waals surface area contributed by atoms with E-state index in [0.717, 1.165) is 77.0 Å². The van der Waals surface area contributed by atoms with Crippen LogP contribution in [0.1, 0.15) is 393 Å². The Hall–Kier alpha value is -3.64. The van der Waals surface area contributed by atoms with E-state index in [1.807, 2.05) is 0 Å². The van der Waals surface area contributed by atoms with Crippen molar-refractivity contribution < 1.29 is 104 Å². The molecular formula is C100H180O16Zr. The number of carbonyl (C=O) groups is 4. The van der Waals surface area contributed by atoms with E-state index >= 15 is 0 Å². The van der Waals surface area contributed by atoms with Crippen molar-refractivity contribution in [1.29, 1.82) is 0 Å². The number of carboxylic acids is 4. The van der Waals surface area contributed by atoms with Gasteiger partial charge >= 0.3 is 26.2 Å². The molecule has 0 N–H and O–H groups in total. The second-order valence-electron chi connectivity index (χ2n) is 36.9. The van der Waals surface area contributed by atoms with Crippen LogP contribution in [0.2, 0.25) is 0 Å². The van der Waals surface area contributed by atoms with Gasteiger partial charge in [-0.1, -0.05) is 391 Å². The largest absolute Gasteiger partial charge is 4.00 e. The zero-order valence-corrected chi connectivity index (χ0v) is 80.8. The first kappa shape index (κ1) is 122. The number of aliphatic carboxylic acids is 4. The predicted octanol–water partition coefficient (Wildman–Crippen LogP) is 23.2. The average Bonchev–Trinajstić information content (AvgIpc) is 0.822. The molecule has 0 aromatic rings. The van der Waals surface area contributed by atoms with Crippen LogP contribution in [0.5, 0.6) is 0 Å². The maximum Gasteiger partial charge on any atom is 4.00 e. The quantitative estimate of drug-likeness (QED) is 0.0313. The van der Waals surface area contributed by atoms with Gasteiger partial charge in [-0.25, -0.2) is 0 Å². The van der Waals surface area contributed by atoms with Crippen LogP contribution < -0.4 is 20.4 Å². The molecule has 0 fully saturated rings. The van der Waals surface area contributed by atoms with Gasteiger partial charge in [-0.2, -0.15) is 0 Å². The maximum atomic E-state index is 12.1. The minimum Gasteiger partial charge on any atom is -0.550 e. The molecule has 0 aliphatic heterocycles. The summed E-state index contributed by atoms with van der Waals surface area (Å²) in [6, 6.07) is 0. The van der Waals surface area contributed by atoms with Gasteiger partial charge in [0.05, 0.1) is 76.5 Å². The summed E-state index contributed by atoms with van der Waals surface area (Å²) in [7, 11) is 0. The molecule has 680 valence electrons. The maximum absolute atomic E-state index is 12.1. The van der Waals surface area contributed by atoms with Crippen LogP contribution in [0.3, 0.4) is 0 Å². The first-order valence-corrected chi connectivity index (χ1v) is 45.7. The van der Waals surface area contributed by atoms with Crippen molar-refractivity contribution in [2.45, 2.75) is 416 Å². The minimum atomic E-state index is -1.24. The van der Waals surface area contributed by atoms with Crippen molar-refractivity contribution in [3.8, 4) is 0 Å². The summed E-state index contributed by atoms with van der Waals surface area (Å²) >= 11 is 0. The van der Waals surface area contributed by atoms with Crippen molar-refractivity contribution in [3.05, 3.63) is 101 Å². The van der Waals surface area contributed by atoms with Crippen molar-refractivity contribution in [2.75, 3.05) is 52.9 Å². The van der Waals surface area contributed by atoms with Gasteiger partial charge in [-0.05, 0) is 47.3 Å². The summed E-state index contributed by atoms with van der Waals surface area (Å²) in [5.74, 6) is -12.7. The van der Waals surface area contributed by atoms with Crippen molar-refractivity contribution in [1.82, 2.24) is 0 Å². The Morgan fingerprint density at radius 3 is 0.436 bits per heavy atom. The van der Waals surface area contributed by atoms with E-state index in [0.29, 0.717) is 51.4 Å². The Kier molecular flexibility index (Phi) is 78.1. The summed E-state index contributed by atoms with van der Waals surface area (Å²) in [6.45, 7) is 65.1. The van der Waals surface area contributed by atoms with Gasteiger partial charge in [0.15, 0.2) is 23.1 Å². The van der Waals surface area contributed by atoms with Crippen LogP contribution in [-0.2, 0) is 83.3 Å². The fourth-order valence-corrected chi connectivity index (χ4v) is 15.1. The normalized spacial score (nSPS) is 13.1. The molecule has 0 amide bonds. The van der Waals surface area contributed by atoms with Crippen molar-refractivity contribution in [3.63, 3.8) is 0 Å². The third kappa shape index (κ3) is 65.7. The summed E-state index contributed by atoms with van der Waals surface area (Å²) in [6.07, 6.45) is 59.5. The predicted molar refractivity (Wildman–Crippen MR) is 478 cm³/mol. The van der Waals surface area contributed by atoms with Gasteiger partial charge < -0.3 is 77.5 Å². The smallest absolute Gasteiger partial charge is 0.550 e. The van der Waals surface area contributed by atoms with E-state index in [4.69, 9.17) is 37.9 Å². The van der Waals surface area contributed by atoms with E-state index in [1.165, 1.54) is 154 Å². The first-order chi connectivity index (χ1) is 54.9. The fourth-order valence-electron chi connectivity index (χ4n) is 15.1. The van der Waals surface area contributed by atoms with Gasteiger partial charge in [0.2, 0.25) is 0 Å². The molecule has 0 aromatic carbocycles. The molecule has 0 bridgehead atoms. The molecule has 0 rings (SSSR count). The van der Waals surface area contributed by atoms with Gasteiger partial charge in [-0.15, -0.1) is 52.6 Å². The third-order valence-corrected chi connectivity index (χ3v) is 20.3. The summed E-state index contributed by atoms with van der Waals surface area (Å²) in [4.78, 5) is 48.4. The zero-order chi connectivity index (χ0) is 88.7.